The highest BCUT2D eigenvalue weighted by Crippen LogP contribution is 2.11. The minimum Gasteiger partial charge on any atom is -0.399 e. The van der Waals surface area contributed by atoms with Gasteiger partial charge >= 0.3 is 0 Å². The third-order valence-corrected chi connectivity index (χ3v) is 2.70. The molecule has 92 valence electrons. The number of benzene rings is 2. The number of anilines is 2. The summed E-state index contributed by atoms with van der Waals surface area (Å²) < 4.78 is 0. The Bertz CT molecular complexity index is 514. The SMILES string of the molecule is Nc1cccc(CC(=O)Cc2cccc(N)c2)c1. The van der Waals surface area contributed by atoms with E-state index in [4.69, 9.17) is 11.5 Å². The van der Waals surface area contributed by atoms with Gasteiger partial charge < -0.3 is 11.5 Å². The van der Waals surface area contributed by atoms with Crippen LogP contribution >= 0.6 is 0 Å². The van der Waals surface area contributed by atoms with Crippen molar-refractivity contribution in [1.82, 2.24) is 0 Å². The molecule has 0 bridgehead atoms. The first-order valence-electron chi connectivity index (χ1n) is 5.84. The maximum atomic E-state index is 11.9. The lowest BCUT2D eigenvalue weighted by molar-refractivity contribution is -0.117. The standard InChI is InChI=1S/C15H16N2O/c16-13-5-1-3-11(7-13)9-15(18)10-12-4-2-6-14(17)8-12/h1-8H,9-10,16-17H2. The summed E-state index contributed by atoms with van der Waals surface area (Å²) in [5.74, 6) is 0.159. The van der Waals surface area contributed by atoms with Crippen LogP contribution in [0.15, 0.2) is 48.5 Å². The molecule has 0 aromatic heterocycles. The Kier molecular flexibility index (Phi) is 3.63. The lowest BCUT2D eigenvalue weighted by Gasteiger charge is -2.03. The Morgan fingerprint density at radius 1 is 0.833 bits per heavy atom. The maximum Gasteiger partial charge on any atom is 0.141 e. The van der Waals surface area contributed by atoms with E-state index in [0.29, 0.717) is 24.2 Å². The first-order chi connectivity index (χ1) is 8.63. The van der Waals surface area contributed by atoms with Crippen LogP contribution in [-0.2, 0) is 17.6 Å². The summed E-state index contributed by atoms with van der Waals surface area (Å²) in [5, 5.41) is 0. The number of carbonyl (C=O) groups excluding carboxylic acids is 1. The minimum atomic E-state index is 0.159. The molecule has 3 heteroatoms. The van der Waals surface area contributed by atoms with Crippen LogP contribution in [0, 0.1) is 0 Å². The molecule has 0 aliphatic carbocycles. The molecule has 2 aromatic carbocycles. The van der Waals surface area contributed by atoms with Gasteiger partial charge in [0.2, 0.25) is 0 Å². The molecule has 0 amide bonds. The van der Waals surface area contributed by atoms with E-state index in [1.165, 1.54) is 0 Å². The number of ketones is 1. The Labute approximate surface area is 106 Å². The molecule has 0 radical (unpaired) electrons. The van der Waals surface area contributed by atoms with Crippen LogP contribution in [0.4, 0.5) is 11.4 Å². The zero-order valence-corrected chi connectivity index (χ0v) is 10.1. The average molecular weight is 240 g/mol. The van der Waals surface area contributed by atoms with Crippen molar-refractivity contribution in [1.29, 1.82) is 0 Å². The van der Waals surface area contributed by atoms with E-state index < -0.39 is 0 Å². The van der Waals surface area contributed by atoms with Gasteiger partial charge in [-0.15, -0.1) is 0 Å². The molecule has 0 atom stereocenters. The highest BCUT2D eigenvalue weighted by molar-refractivity contribution is 5.83. The predicted molar refractivity (Wildman–Crippen MR) is 74.1 cm³/mol. The highest BCUT2D eigenvalue weighted by atomic mass is 16.1. The molecule has 0 aliphatic rings. The van der Waals surface area contributed by atoms with Crippen molar-refractivity contribution in [2.75, 3.05) is 11.5 Å². The quantitative estimate of drug-likeness (QED) is 0.805. The van der Waals surface area contributed by atoms with Crippen molar-refractivity contribution in [2.45, 2.75) is 12.8 Å². The summed E-state index contributed by atoms with van der Waals surface area (Å²) in [6.45, 7) is 0. The molecule has 0 saturated carbocycles. The summed E-state index contributed by atoms with van der Waals surface area (Å²) in [4.78, 5) is 11.9. The number of rotatable bonds is 4. The fourth-order valence-corrected chi connectivity index (χ4v) is 1.92. The van der Waals surface area contributed by atoms with Gasteiger partial charge in [-0.2, -0.15) is 0 Å². The molecule has 2 rings (SSSR count). The number of nitrogen functional groups attached to an aromatic ring is 2. The van der Waals surface area contributed by atoms with Crippen molar-refractivity contribution in [3.63, 3.8) is 0 Å². The number of nitrogens with two attached hydrogens (primary N) is 2. The second kappa shape index (κ2) is 5.36. The molecule has 0 spiro atoms. The van der Waals surface area contributed by atoms with Gasteiger partial charge in [0.15, 0.2) is 0 Å². The molecule has 18 heavy (non-hydrogen) atoms. The van der Waals surface area contributed by atoms with E-state index in [1.54, 1.807) is 0 Å². The summed E-state index contributed by atoms with van der Waals surface area (Å²) >= 11 is 0. The second-order valence-electron chi connectivity index (χ2n) is 4.38. The van der Waals surface area contributed by atoms with Gasteiger partial charge in [-0.3, -0.25) is 4.79 Å². The number of carbonyl (C=O) groups is 1. The van der Waals surface area contributed by atoms with Gasteiger partial charge in [0.25, 0.3) is 0 Å². The van der Waals surface area contributed by atoms with Gasteiger partial charge in [0.05, 0.1) is 0 Å². The molecule has 0 unspecified atom stereocenters. The van der Waals surface area contributed by atoms with E-state index in [-0.39, 0.29) is 5.78 Å². The van der Waals surface area contributed by atoms with E-state index in [9.17, 15) is 4.79 Å². The molecular weight excluding hydrogens is 224 g/mol. The van der Waals surface area contributed by atoms with Crippen LogP contribution in [0.1, 0.15) is 11.1 Å². The van der Waals surface area contributed by atoms with E-state index in [0.717, 1.165) is 11.1 Å². The Hall–Kier alpha value is -2.29. The molecule has 0 heterocycles. The Morgan fingerprint density at radius 2 is 1.28 bits per heavy atom. The van der Waals surface area contributed by atoms with Crippen molar-refractivity contribution in [3.8, 4) is 0 Å². The molecule has 3 nitrogen and oxygen atoms in total. The van der Waals surface area contributed by atoms with E-state index in [1.807, 2.05) is 48.5 Å². The molecule has 0 aliphatic heterocycles. The van der Waals surface area contributed by atoms with Crippen LogP contribution in [-0.4, -0.2) is 5.78 Å². The third-order valence-electron chi connectivity index (χ3n) is 2.70. The fourth-order valence-electron chi connectivity index (χ4n) is 1.92. The minimum absolute atomic E-state index is 0.159. The summed E-state index contributed by atoms with van der Waals surface area (Å²) in [7, 11) is 0. The lowest BCUT2D eigenvalue weighted by atomic mass is 10.0. The van der Waals surface area contributed by atoms with Crippen LogP contribution in [0.5, 0.6) is 0 Å². The predicted octanol–water partition coefficient (Wildman–Crippen LogP) is 2.21. The first-order valence-corrected chi connectivity index (χ1v) is 5.84. The maximum absolute atomic E-state index is 11.9. The van der Waals surface area contributed by atoms with Crippen LogP contribution in [0.25, 0.3) is 0 Å². The monoisotopic (exact) mass is 240 g/mol. The van der Waals surface area contributed by atoms with Gasteiger partial charge in [-0.25, -0.2) is 0 Å². The molecule has 0 saturated heterocycles. The van der Waals surface area contributed by atoms with Gasteiger partial charge in [0, 0.05) is 24.2 Å². The number of hydrogen-bond donors (Lipinski definition) is 2. The number of hydrogen-bond acceptors (Lipinski definition) is 3. The van der Waals surface area contributed by atoms with Crippen molar-refractivity contribution >= 4 is 17.2 Å². The first kappa shape index (κ1) is 12.2. The van der Waals surface area contributed by atoms with Gasteiger partial charge in [0.1, 0.15) is 5.78 Å². The van der Waals surface area contributed by atoms with E-state index in [2.05, 4.69) is 0 Å². The van der Waals surface area contributed by atoms with Crippen LogP contribution < -0.4 is 11.5 Å². The van der Waals surface area contributed by atoms with Crippen LogP contribution in [0.2, 0.25) is 0 Å². The second-order valence-corrected chi connectivity index (χ2v) is 4.38. The summed E-state index contributed by atoms with van der Waals surface area (Å²) in [6.07, 6.45) is 0.805. The van der Waals surface area contributed by atoms with E-state index >= 15 is 0 Å². The van der Waals surface area contributed by atoms with Gasteiger partial charge in [-0.1, -0.05) is 24.3 Å². The normalized spacial score (nSPS) is 10.2. The largest absolute Gasteiger partial charge is 0.399 e. The number of Topliss-reactive ketones (excluding diaryl/α,β-unsaturated/α-hetero) is 1. The molecule has 0 fully saturated rings. The van der Waals surface area contributed by atoms with Crippen LogP contribution in [0.3, 0.4) is 0 Å². The molecule has 4 N–H and O–H groups in total. The lowest BCUT2D eigenvalue weighted by Crippen LogP contribution is -2.07. The zero-order valence-electron chi connectivity index (χ0n) is 10.1. The smallest absolute Gasteiger partial charge is 0.141 e. The average Bonchev–Trinajstić information content (AvgIpc) is 2.28. The Morgan fingerprint density at radius 3 is 1.67 bits per heavy atom. The Balaban J connectivity index is 2.01. The highest BCUT2D eigenvalue weighted by Gasteiger charge is 2.05. The van der Waals surface area contributed by atoms with Crippen molar-refractivity contribution in [2.24, 2.45) is 0 Å². The summed E-state index contributed by atoms with van der Waals surface area (Å²) in [6, 6.07) is 14.8. The topological polar surface area (TPSA) is 69.1 Å². The summed E-state index contributed by atoms with van der Waals surface area (Å²) in [5.41, 5.74) is 14.6. The zero-order chi connectivity index (χ0) is 13.0. The fraction of sp³-hybridized carbons (Fsp3) is 0.133. The molecular formula is C15H16N2O. The molecule has 2 aromatic rings. The van der Waals surface area contributed by atoms with Crippen molar-refractivity contribution in [3.05, 3.63) is 59.7 Å². The third kappa shape index (κ3) is 3.35. The van der Waals surface area contributed by atoms with Crippen molar-refractivity contribution < 1.29 is 4.79 Å². The van der Waals surface area contributed by atoms with Gasteiger partial charge in [-0.05, 0) is 35.4 Å².